The van der Waals surface area contributed by atoms with Gasteiger partial charge in [0.25, 0.3) is 0 Å². The lowest BCUT2D eigenvalue weighted by Gasteiger charge is -2.30. The van der Waals surface area contributed by atoms with Crippen molar-refractivity contribution in [2.45, 2.75) is 65.0 Å². The fraction of sp³-hybridized carbons (Fsp3) is 0.524. The maximum absolute atomic E-state index is 9.81. The molecule has 1 aromatic heterocycles. The van der Waals surface area contributed by atoms with Crippen molar-refractivity contribution in [2.75, 3.05) is 5.32 Å². The van der Waals surface area contributed by atoms with E-state index in [-0.39, 0.29) is 6.61 Å². The molecule has 0 radical (unpaired) electrons. The fourth-order valence-electron chi connectivity index (χ4n) is 4.02. The Hall–Kier alpha value is -2.12. The number of aromatic nitrogens is 1. The summed E-state index contributed by atoms with van der Waals surface area (Å²) in [6.45, 7) is 4.26. The van der Waals surface area contributed by atoms with Gasteiger partial charge >= 0.3 is 0 Å². The van der Waals surface area contributed by atoms with Crippen LogP contribution in [-0.4, -0.2) is 16.1 Å². The molecule has 4 heteroatoms. The van der Waals surface area contributed by atoms with Crippen molar-refractivity contribution >= 4 is 16.6 Å². The van der Waals surface area contributed by atoms with E-state index in [1.807, 2.05) is 12.1 Å². The first-order chi connectivity index (χ1) is 12.2. The lowest BCUT2D eigenvalue weighted by Crippen LogP contribution is -2.28. The highest BCUT2D eigenvalue weighted by Crippen LogP contribution is 2.33. The number of nitrogens with zero attached hydrogens (tertiary/aromatic N) is 2. The molecule has 132 valence electrons. The van der Waals surface area contributed by atoms with Gasteiger partial charge in [-0.1, -0.05) is 26.2 Å². The number of nitrogens with one attached hydrogen (secondary N) is 1. The SMILES string of the molecule is CCc1cc(C#N)cc2c(NC(C)C3CCCCC3)c(CO)cnc12. The van der Waals surface area contributed by atoms with Gasteiger partial charge in [0.15, 0.2) is 0 Å². The highest BCUT2D eigenvalue weighted by molar-refractivity contribution is 5.95. The third-order valence-electron chi connectivity index (χ3n) is 5.54. The summed E-state index contributed by atoms with van der Waals surface area (Å²) >= 11 is 0. The van der Waals surface area contributed by atoms with Crippen LogP contribution in [0.5, 0.6) is 0 Å². The zero-order valence-corrected chi connectivity index (χ0v) is 15.2. The van der Waals surface area contributed by atoms with E-state index in [1.54, 1.807) is 6.20 Å². The summed E-state index contributed by atoms with van der Waals surface area (Å²) in [5.41, 5.74) is 4.39. The molecule has 1 fully saturated rings. The minimum absolute atomic E-state index is 0.0547. The molecule has 25 heavy (non-hydrogen) atoms. The summed E-state index contributed by atoms with van der Waals surface area (Å²) in [6.07, 6.45) is 9.07. The van der Waals surface area contributed by atoms with E-state index >= 15 is 0 Å². The molecule has 1 aliphatic carbocycles. The summed E-state index contributed by atoms with van der Waals surface area (Å²) < 4.78 is 0. The Morgan fingerprint density at radius 2 is 2.04 bits per heavy atom. The Morgan fingerprint density at radius 3 is 2.68 bits per heavy atom. The summed E-state index contributed by atoms with van der Waals surface area (Å²) in [5, 5.41) is 23.8. The lowest BCUT2D eigenvalue weighted by atomic mass is 9.84. The van der Waals surface area contributed by atoms with E-state index in [0.717, 1.165) is 34.1 Å². The third kappa shape index (κ3) is 3.62. The van der Waals surface area contributed by atoms with Gasteiger partial charge in [0.2, 0.25) is 0 Å². The predicted molar refractivity (Wildman–Crippen MR) is 101 cm³/mol. The maximum Gasteiger partial charge on any atom is 0.0991 e. The van der Waals surface area contributed by atoms with Crippen LogP contribution in [0, 0.1) is 17.2 Å². The highest BCUT2D eigenvalue weighted by atomic mass is 16.3. The van der Waals surface area contributed by atoms with Crippen molar-refractivity contribution in [3.05, 3.63) is 35.0 Å². The molecular formula is C21H27N3O. The number of nitriles is 1. The van der Waals surface area contributed by atoms with Crippen molar-refractivity contribution in [1.82, 2.24) is 4.98 Å². The predicted octanol–water partition coefficient (Wildman–Crippen LogP) is 4.54. The molecule has 4 nitrogen and oxygen atoms in total. The van der Waals surface area contributed by atoms with Crippen LogP contribution in [0.25, 0.3) is 10.9 Å². The van der Waals surface area contributed by atoms with Crippen molar-refractivity contribution in [3.8, 4) is 6.07 Å². The minimum Gasteiger partial charge on any atom is -0.392 e. The van der Waals surface area contributed by atoms with Crippen molar-refractivity contribution < 1.29 is 5.11 Å². The molecule has 2 aromatic rings. The molecule has 0 amide bonds. The average molecular weight is 337 g/mol. The summed E-state index contributed by atoms with van der Waals surface area (Å²) in [6, 6.07) is 6.42. The van der Waals surface area contributed by atoms with Crippen LogP contribution in [0.1, 0.15) is 62.6 Å². The smallest absolute Gasteiger partial charge is 0.0991 e. The van der Waals surface area contributed by atoms with E-state index in [2.05, 4.69) is 30.2 Å². The largest absolute Gasteiger partial charge is 0.392 e. The van der Waals surface area contributed by atoms with Gasteiger partial charge in [-0.25, -0.2) is 0 Å². The second-order valence-corrected chi connectivity index (χ2v) is 7.14. The molecule has 0 bridgehead atoms. The van der Waals surface area contributed by atoms with E-state index in [0.29, 0.717) is 17.5 Å². The van der Waals surface area contributed by atoms with Crippen molar-refractivity contribution in [3.63, 3.8) is 0 Å². The number of rotatable bonds is 5. The molecule has 1 aromatic carbocycles. The number of fused-ring (bicyclic) bond motifs is 1. The molecular weight excluding hydrogens is 310 g/mol. The van der Waals surface area contributed by atoms with Crippen molar-refractivity contribution in [2.24, 2.45) is 5.92 Å². The normalized spacial score (nSPS) is 16.6. The van der Waals surface area contributed by atoms with E-state index < -0.39 is 0 Å². The number of benzene rings is 1. The molecule has 1 saturated carbocycles. The number of anilines is 1. The van der Waals surface area contributed by atoms with Gasteiger partial charge in [0.05, 0.1) is 29.4 Å². The zero-order chi connectivity index (χ0) is 17.8. The van der Waals surface area contributed by atoms with Crippen LogP contribution in [0.2, 0.25) is 0 Å². The number of aliphatic hydroxyl groups is 1. The molecule has 1 atom stereocenters. The van der Waals surface area contributed by atoms with Gasteiger partial charge < -0.3 is 10.4 Å². The van der Waals surface area contributed by atoms with E-state index in [1.165, 1.54) is 32.1 Å². The molecule has 0 spiro atoms. The molecule has 1 aliphatic rings. The molecule has 1 heterocycles. The second kappa shape index (κ2) is 7.84. The van der Waals surface area contributed by atoms with E-state index in [4.69, 9.17) is 0 Å². The topological polar surface area (TPSA) is 68.9 Å². The van der Waals surface area contributed by atoms with Gasteiger partial charge in [-0.3, -0.25) is 4.98 Å². The number of aliphatic hydroxyl groups excluding tert-OH is 1. The van der Waals surface area contributed by atoms with Gasteiger partial charge in [-0.2, -0.15) is 5.26 Å². The molecule has 1 unspecified atom stereocenters. The number of hydrogen-bond donors (Lipinski definition) is 2. The lowest BCUT2D eigenvalue weighted by molar-refractivity contribution is 0.281. The summed E-state index contributed by atoms with van der Waals surface area (Å²) in [4.78, 5) is 4.57. The first kappa shape index (κ1) is 17.7. The van der Waals surface area contributed by atoms with Gasteiger partial charge in [0, 0.05) is 23.2 Å². The Kier molecular flexibility index (Phi) is 5.55. The fourth-order valence-corrected chi connectivity index (χ4v) is 4.02. The molecule has 3 rings (SSSR count). The van der Waals surface area contributed by atoms with Crippen LogP contribution in [0.4, 0.5) is 5.69 Å². The van der Waals surface area contributed by atoms with Crippen LogP contribution >= 0.6 is 0 Å². The van der Waals surface area contributed by atoms with Crippen LogP contribution in [0.3, 0.4) is 0 Å². The number of pyridine rings is 1. The summed E-state index contributed by atoms with van der Waals surface area (Å²) in [5.74, 6) is 0.660. The Labute approximate surface area is 149 Å². The van der Waals surface area contributed by atoms with Crippen LogP contribution in [-0.2, 0) is 13.0 Å². The minimum atomic E-state index is -0.0547. The first-order valence-electron chi connectivity index (χ1n) is 9.40. The van der Waals surface area contributed by atoms with E-state index in [9.17, 15) is 10.4 Å². The zero-order valence-electron chi connectivity index (χ0n) is 15.2. The number of hydrogen-bond acceptors (Lipinski definition) is 4. The average Bonchev–Trinajstić information content (AvgIpc) is 2.67. The Bertz CT molecular complexity index is 788. The molecule has 0 saturated heterocycles. The standard InChI is InChI=1S/C21H27N3O/c1-3-16-9-15(11-22)10-19-20(16)23-12-18(13-25)21(19)24-14(2)17-7-5-4-6-8-17/h9-10,12,14,17,25H,3-8,13H2,1-2H3,(H,23,24). The van der Waals surface area contributed by atoms with Gasteiger partial charge in [-0.15, -0.1) is 0 Å². The summed E-state index contributed by atoms with van der Waals surface area (Å²) in [7, 11) is 0. The number of aryl methyl sites for hydroxylation is 1. The monoisotopic (exact) mass is 337 g/mol. The van der Waals surface area contributed by atoms with Gasteiger partial charge in [-0.05, 0) is 49.8 Å². The second-order valence-electron chi connectivity index (χ2n) is 7.14. The molecule has 0 aliphatic heterocycles. The van der Waals surface area contributed by atoms with Gasteiger partial charge in [0.1, 0.15) is 0 Å². The van der Waals surface area contributed by atoms with Crippen molar-refractivity contribution in [1.29, 1.82) is 5.26 Å². The molecule has 2 N–H and O–H groups in total. The third-order valence-corrected chi connectivity index (χ3v) is 5.54. The maximum atomic E-state index is 9.81. The highest BCUT2D eigenvalue weighted by Gasteiger charge is 2.22. The van der Waals surface area contributed by atoms with Crippen LogP contribution in [0.15, 0.2) is 18.3 Å². The first-order valence-corrected chi connectivity index (χ1v) is 9.40. The Balaban J connectivity index is 2.06. The van der Waals surface area contributed by atoms with Crippen LogP contribution < -0.4 is 5.32 Å². The quantitative estimate of drug-likeness (QED) is 0.840. The Morgan fingerprint density at radius 1 is 1.28 bits per heavy atom.